The number of alkyl carbamates (subject to hydrolysis) is 1. The van der Waals surface area contributed by atoms with Gasteiger partial charge in [-0.2, -0.15) is 0 Å². The molecule has 0 saturated carbocycles. The topological polar surface area (TPSA) is 179 Å². The van der Waals surface area contributed by atoms with Crippen LogP contribution in [0, 0.1) is 12.3 Å². The first-order valence-corrected chi connectivity index (χ1v) is 8.52. The summed E-state index contributed by atoms with van der Waals surface area (Å²) in [6.45, 7) is 0.316. The smallest absolute Gasteiger partial charge is 0.408 e. The number of carbonyl (C=O) groups is 5. The summed E-state index contributed by atoms with van der Waals surface area (Å²) in [6.07, 6.45) is 2.45. The fourth-order valence-electron chi connectivity index (χ4n) is 2.03. The summed E-state index contributed by atoms with van der Waals surface area (Å²) in [6, 6.07) is -1.32. The Bertz CT molecular complexity index is 612. The Morgan fingerprint density at radius 1 is 0.964 bits per heavy atom. The van der Waals surface area contributed by atoms with Crippen LogP contribution in [0.25, 0.3) is 0 Å². The lowest BCUT2D eigenvalue weighted by Crippen LogP contribution is -2.43. The Morgan fingerprint density at radius 2 is 1.64 bits per heavy atom. The molecule has 0 aromatic carbocycles. The van der Waals surface area contributed by atoms with E-state index >= 15 is 0 Å². The molecule has 11 nitrogen and oxygen atoms in total. The van der Waals surface area contributed by atoms with E-state index in [1.807, 2.05) is 5.32 Å². The monoisotopic (exact) mass is 400 g/mol. The van der Waals surface area contributed by atoms with Crippen molar-refractivity contribution in [3.63, 3.8) is 0 Å². The molecule has 5 N–H and O–H groups in total. The second-order valence-electron chi connectivity index (χ2n) is 5.75. The number of amides is 2. The van der Waals surface area contributed by atoms with E-state index in [-0.39, 0.29) is 18.7 Å². The average molecular weight is 400 g/mol. The highest BCUT2D eigenvalue weighted by Gasteiger charge is 2.26. The first-order valence-electron chi connectivity index (χ1n) is 8.52. The van der Waals surface area contributed by atoms with E-state index in [9.17, 15) is 24.0 Å². The molecule has 0 saturated heterocycles. The molecule has 0 aromatic heterocycles. The highest BCUT2D eigenvalue weighted by atomic mass is 16.6. The molecule has 1 unspecified atom stereocenters. The van der Waals surface area contributed by atoms with E-state index in [1.54, 1.807) is 0 Å². The van der Waals surface area contributed by atoms with Crippen molar-refractivity contribution in [2.75, 3.05) is 6.54 Å². The van der Waals surface area contributed by atoms with Crippen molar-refractivity contribution in [1.29, 1.82) is 0 Å². The number of unbranched alkanes of at least 4 members (excludes halogenated alkanes) is 1. The van der Waals surface area contributed by atoms with Gasteiger partial charge in [0.05, 0.1) is 0 Å². The van der Waals surface area contributed by atoms with Crippen LogP contribution >= 0.6 is 0 Å². The summed E-state index contributed by atoms with van der Waals surface area (Å²) in [4.78, 5) is 55.7. The summed E-state index contributed by atoms with van der Waals surface area (Å²) in [5.41, 5.74) is 0. The number of carbonyl (C=O) groups excluding carboxylic acids is 2. The van der Waals surface area contributed by atoms with Crippen LogP contribution in [0.3, 0.4) is 0 Å². The van der Waals surface area contributed by atoms with Gasteiger partial charge in [0.2, 0.25) is 12.0 Å². The van der Waals surface area contributed by atoms with Gasteiger partial charge in [0.25, 0.3) is 0 Å². The van der Waals surface area contributed by atoms with Crippen molar-refractivity contribution >= 4 is 29.9 Å². The number of hydrogen-bond acceptors (Lipinski definition) is 6. The maximum absolute atomic E-state index is 11.7. The Balaban J connectivity index is 4.34. The SMILES string of the molecule is C#CCCC(=O)NCCCC[C@H](NC(=O)OC(CCC(=O)O)C(=O)O)C(=O)O. The molecule has 156 valence electrons. The van der Waals surface area contributed by atoms with E-state index in [0.717, 1.165) is 0 Å². The van der Waals surface area contributed by atoms with Crippen LogP contribution in [-0.4, -0.2) is 63.9 Å². The summed E-state index contributed by atoms with van der Waals surface area (Å²) in [5.74, 6) is -2.01. The number of hydrogen-bond donors (Lipinski definition) is 5. The Kier molecular flexibility index (Phi) is 12.2. The van der Waals surface area contributed by atoms with E-state index in [0.29, 0.717) is 25.8 Å². The summed E-state index contributed by atoms with van der Waals surface area (Å²) < 4.78 is 4.59. The van der Waals surface area contributed by atoms with Gasteiger partial charge in [0, 0.05) is 32.2 Å². The van der Waals surface area contributed by atoms with Crippen LogP contribution in [0.1, 0.15) is 44.9 Å². The summed E-state index contributed by atoms with van der Waals surface area (Å²) >= 11 is 0. The van der Waals surface area contributed by atoms with Crippen LogP contribution < -0.4 is 10.6 Å². The molecular formula is C17H24N2O9. The average Bonchev–Trinajstić information content (AvgIpc) is 2.61. The van der Waals surface area contributed by atoms with Gasteiger partial charge in [-0.3, -0.25) is 9.59 Å². The maximum atomic E-state index is 11.7. The molecule has 2 atom stereocenters. The van der Waals surface area contributed by atoms with E-state index in [4.69, 9.17) is 21.7 Å². The molecule has 0 heterocycles. The van der Waals surface area contributed by atoms with Crippen LogP contribution in [0.15, 0.2) is 0 Å². The quantitative estimate of drug-likeness (QED) is 0.201. The van der Waals surface area contributed by atoms with Crippen LogP contribution in [-0.2, 0) is 23.9 Å². The van der Waals surface area contributed by atoms with E-state index in [1.165, 1.54) is 0 Å². The third-order valence-electron chi connectivity index (χ3n) is 3.47. The summed E-state index contributed by atoms with van der Waals surface area (Å²) in [7, 11) is 0. The molecule has 28 heavy (non-hydrogen) atoms. The number of carboxylic acid groups (broad SMARTS) is 3. The van der Waals surface area contributed by atoms with Gasteiger partial charge in [-0.05, 0) is 19.3 Å². The number of ether oxygens (including phenoxy) is 1. The predicted molar refractivity (Wildman–Crippen MR) is 94.3 cm³/mol. The molecule has 2 amide bonds. The summed E-state index contributed by atoms with van der Waals surface area (Å²) in [5, 5.41) is 31.3. The fraction of sp³-hybridized carbons (Fsp3) is 0.588. The largest absolute Gasteiger partial charge is 0.481 e. The minimum absolute atomic E-state index is 0.0253. The maximum Gasteiger partial charge on any atom is 0.408 e. The van der Waals surface area contributed by atoms with Gasteiger partial charge in [0.15, 0.2) is 0 Å². The zero-order chi connectivity index (χ0) is 21.5. The second kappa shape index (κ2) is 13.9. The van der Waals surface area contributed by atoms with Crippen LogP contribution in [0.5, 0.6) is 0 Å². The molecule has 0 aromatic rings. The third kappa shape index (κ3) is 12.1. The van der Waals surface area contributed by atoms with Crippen molar-refractivity contribution in [2.45, 2.75) is 57.1 Å². The Morgan fingerprint density at radius 3 is 2.18 bits per heavy atom. The first kappa shape index (κ1) is 24.7. The van der Waals surface area contributed by atoms with Gasteiger partial charge in [-0.25, -0.2) is 14.4 Å². The van der Waals surface area contributed by atoms with Crippen molar-refractivity contribution in [2.24, 2.45) is 0 Å². The molecule has 0 fully saturated rings. The highest BCUT2D eigenvalue weighted by Crippen LogP contribution is 2.06. The van der Waals surface area contributed by atoms with Crippen molar-refractivity contribution in [3.05, 3.63) is 0 Å². The minimum atomic E-state index is -1.70. The van der Waals surface area contributed by atoms with Gasteiger partial charge in [0.1, 0.15) is 6.04 Å². The number of terminal acetylenes is 1. The fourth-order valence-corrected chi connectivity index (χ4v) is 2.03. The number of aliphatic carboxylic acids is 3. The predicted octanol–water partition coefficient (Wildman–Crippen LogP) is 0.184. The molecule has 11 heteroatoms. The molecular weight excluding hydrogens is 376 g/mol. The first-order chi connectivity index (χ1) is 13.2. The lowest BCUT2D eigenvalue weighted by atomic mass is 10.1. The Hall–Kier alpha value is -3.29. The minimum Gasteiger partial charge on any atom is -0.481 e. The second-order valence-corrected chi connectivity index (χ2v) is 5.75. The third-order valence-corrected chi connectivity index (χ3v) is 3.47. The zero-order valence-corrected chi connectivity index (χ0v) is 15.2. The van der Waals surface area contributed by atoms with Crippen molar-refractivity contribution in [3.8, 4) is 12.3 Å². The number of carboxylic acids is 3. The van der Waals surface area contributed by atoms with Crippen molar-refractivity contribution in [1.82, 2.24) is 10.6 Å². The molecule has 0 aliphatic heterocycles. The number of nitrogens with one attached hydrogen (secondary N) is 2. The molecule has 0 spiro atoms. The van der Waals surface area contributed by atoms with Crippen LogP contribution in [0.2, 0.25) is 0 Å². The molecule has 0 aliphatic carbocycles. The van der Waals surface area contributed by atoms with E-state index in [2.05, 4.69) is 16.0 Å². The van der Waals surface area contributed by atoms with Crippen LogP contribution in [0.4, 0.5) is 4.79 Å². The molecule has 0 radical (unpaired) electrons. The van der Waals surface area contributed by atoms with Gasteiger partial charge in [-0.1, -0.05) is 0 Å². The zero-order valence-electron chi connectivity index (χ0n) is 15.2. The van der Waals surface area contributed by atoms with Gasteiger partial charge >= 0.3 is 24.0 Å². The molecule has 0 aliphatic rings. The van der Waals surface area contributed by atoms with Crippen molar-refractivity contribution < 1.29 is 44.0 Å². The van der Waals surface area contributed by atoms with E-state index < -0.39 is 49.0 Å². The van der Waals surface area contributed by atoms with Gasteiger partial charge < -0.3 is 30.7 Å². The lowest BCUT2D eigenvalue weighted by molar-refractivity contribution is -0.148. The molecule has 0 bridgehead atoms. The normalized spacial score (nSPS) is 12.1. The standard InChI is InChI=1S/C17H24N2O9/c1-2-3-7-13(20)18-10-5-4-6-11(15(23)24)19-17(27)28-12(16(25)26)8-9-14(21)22/h1,11-12H,3-10H2,(H,18,20)(H,19,27)(H,21,22)(H,23,24)(H,25,26)/t11-,12?/m0/s1. The lowest BCUT2D eigenvalue weighted by Gasteiger charge is -2.17. The molecule has 0 rings (SSSR count). The Labute approximate surface area is 161 Å². The highest BCUT2D eigenvalue weighted by molar-refractivity contribution is 5.82. The van der Waals surface area contributed by atoms with Gasteiger partial charge in [-0.15, -0.1) is 12.3 Å². The number of rotatable bonds is 14.